The minimum atomic E-state index is -3.86. The van der Waals surface area contributed by atoms with Gasteiger partial charge in [-0.05, 0) is 30.7 Å². The first kappa shape index (κ1) is 21.4. The molecule has 0 aliphatic carbocycles. The van der Waals surface area contributed by atoms with E-state index in [0.717, 1.165) is 16.8 Å². The number of benzene rings is 1. The molecule has 172 valence electrons. The van der Waals surface area contributed by atoms with E-state index in [0.29, 0.717) is 42.6 Å². The summed E-state index contributed by atoms with van der Waals surface area (Å²) in [5, 5.41) is 21.0. The molecule has 1 aliphatic rings. The van der Waals surface area contributed by atoms with E-state index >= 15 is 0 Å². The van der Waals surface area contributed by atoms with Gasteiger partial charge in [0.15, 0.2) is 17.3 Å². The smallest absolute Gasteiger partial charge is 0.238 e. The number of ether oxygens (including phenoxy) is 1. The van der Waals surface area contributed by atoms with Crippen LogP contribution in [-0.2, 0) is 14.8 Å². The lowest BCUT2D eigenvalue weighted by atomic mass is 10.0. The molecule has 0 saturated carbocycles. The Kier molecular flexibility index (Phi) is 5.27. The third-order valence-corrected chi connectivity index (χ3v) is 6.62. The zero-order valence-corrected chi connectivity index (χ0v) is 19.0. The predicted molar refractivity (Wildman–Crippen MR) is 125 cm³/mol. The summed E-state index contributed by atoms with van der Waals surface area (Å²) >= 11 is 0. The van der Waals surface area contributed by atoms with E-state index in [4.69, 9.17) is 20.0 Å². The van der Waals surface area contributed by atoms with Gasteiger partial charge in [0.05, 0.1) is 35.7 Å². The molecule has 3 aromatic heterocycles. The molecule has 33 heavy (non-hydrogen) atoms. The maximum Gasteiger partial charge on any atom is 0.238 e. The van der Waals surface area contributed by atoms with Gasteiger partial charge in [0.1, 0.15) is 5.82 Å². The normalized spacial score (nSPS) is 16.9. The van der Waals surface area contributed by atoms with Crippen molar-refractivity contribution in [1.29, 1.82) is 0 Å². The number of anilines is 2. The molecule has 4 aromatic rings. The molecule has 1 aromatic carbocycles. The van der Waals surface area contributed by atoms with E-state index in [1.807, 2.05) is 12.1 Å². The number of nitrogens with one attached hydrogen (secondary N) is 2. The molecule has 12 heteroatoms. The van der Waals surface area contributed by atoms with Crippen molar-refractivity contribution in [2.45, 2.75) is 17.9 Å². The molecule has 1 saturated heterocycles. The number of hydrogen-bond acceptors (Lipinski definition) is 8. The second-order valence-corrected chi connectivity index (χ2v) is 9.43. The molecule has 0 amide bonds. The molecule has 1 atom stereocenters. The number of H-pyrrole nitrogens is 1. The zero-order valence-electron chi connectivity index (χ0n) is 18.2. The highest BCUT2D eigenvalue weighted by Crippen LogP contribution is 2.37. The molecule has 11 nitrogen and oxygen atoms in total. The number of nitrogens with two attached hydrogens (primary N) is 1. The van der Waals surface area contributed by atoms with E-state index in [2.05, 4.69) is 27.3 Å². The Labute approximate surface area is 190 Å². The van der Waals surface area contributed by atoms with Crippen LogP contribution in [0.4, 0.5) is 11.6 Å². The van der Waals surface area contributed by atoms with Crippen molar-refractivity contribution >= 4 is 32.7 Å². The standard InChI is InChI=1S/C21H24N8O3S/c1-13-12-32-9-8-28(13)18-11-16(14-4-3-5-15(10-14)33(22,30)31)19-20(23-2)27-29(21(19)25-18)17-6-7-24-26-17/h3-7,10-11,13H,8-9,12H2,1-2H3,(H,23,27)(H,24,26)(H2,22,30,31). The maximum atomic E-state index is 12.0. The highest BCUT2D eigenvalue weighted by molar-refractivity contribution is 7.89. The molecular weight excluding hydrogens is 444 g/mol. The van der Waals surface area contributed by atoms with Crippen molar-refractivity contribution in [2.24, 2.45) is 5.14 Å². The van der Waals surface area contributed by atoms with Crippen LogP contribution < -0.4 is 15.4 Å². The van der Waals surface area contributed by atoms with Crippen molar-refractivity contribution < 1.29 is 13.2 Å². The highest BCUT2D eigenvalue weighted by Gasteiger charge is 2.25. The number of sulfonamides is 1. The Hall–Kier alpha value is -3.48. The van der Waals surface area contributed by atoms with Crippen molar-refractivity contribution in [3.05, 3.63) is 42.6 Å². The number of rotatable bonds is 5. The number of primary sulfonamides is 1. The van der Waals surface area contributed by atoms with Crippen LogP contribution in [-0.4, -0.2) is 66.2 Å². The average molecular weight is 469 g/mol. The monoisotopic (exact) mass is 468 g/mol. The molecule has 4 heterocycles. The number of fused-ring (bicyclic) bond motifs is 1. The highest BCUT2D eigenvalue weighted by atomic mass is 32.2. The summed E-state index contributed by atoms with van der Waals surface area (Å²) in [4.78, 5) is 7.19. The van der Waals surface area contributed by atoms with Gasteiger partial charge in [0, 0.05) is 25.2 Å². The van der Waals surface area contributed by atoms with Crippen molar-refractivity contribution in [3.8, 4) is 16.9 Å². The summed E-state index contributed by atoms with van der Waals surface area (Å²) in [5.74, 6) is 2.01. The lowest BCUT2D eigenvalue weighted by Gasteiger charge is -2.34. The lowest BCUT2D eigenvalue weighted by Crippen LogP contribution is -2.44. The maximum absolute atomic E-state index is 12.0. The lowest BCUT2D eigenvalue weighted by molar-refractivity contribution is 0.0985. The first-order valence-corrected chi connectivity index (χ1v) is 12.0. The summed E-state index contributed by atoms with van der Waals surface area (Å²) in [6.07, 6.45) is 1.65. The minimum Gasteiger partial charge on any atom is -0.377 e. The van der Waals surface area contributed by atoms with Crippen LogP contribution in [0.1, 0.15) is 6.92 Å². The molecule has 0 spiro atoms. The molecule has 1 unspecified atom stereocenters. The fourth-order valence-electron chi connectivity index (χ4n) is 4.09. The molecule has 0 bridgehead atoms. The number of nitrogens with zero attached hydrogens (tertiary/aromatic N) is 5. The molecule has 4 N–H and O–H groups in total. The number of aromatic amines is 1. The number of hydrogen-bond donors (Lipinski definition) is 3. The van der Waals surface area contributed by atoms with Crippen LogP contribution in [0.5, 0.6) is 0 Å². The van der Waals surface area contributed by atoms with Crippen molar-refractivity contribution in [3.63, 3.8) is 0 Å². The summed E-state index contributed by atoms with van der Waals surface area (Å²) in [6.45, 7) is 3.96. The van der Waals surface area contributed by atoms with Crippen LogP contribution in [0.25, 0.3) is 28.0 Å². The van der Waals surface area contributed by atoms with E-state index in [1.54, 1.807) is 36.1 Å². The van der Waals surface area contributed by atoms with Crippen LogP contribution >= 0.6 is 0 Å². The van der Waals surface area contributed by atoms with Gasteiger partial charge < -0.3 is 15.0 Å². The van der Waals surface area contributed by atoms with E-state index < -0.39 is 10.0 Å². The molecule has 1 fully saturated rings. The summed E-state index contributed by atoms with van der Waals surface area (Å²) < 4.78 is 31.3. The third-order valence-electron chi connectivity index (χ3n) is 5.71. The van der Waals surface area contributed by atoms with Gasteiger partial charge in [-0.15, -0.1) is 5.10 Å². The zero-order chi connectivity index (χ0) is 23.2. The first-order chi connectivity index (χ1) is 15.9. The topological polar surface area (TPSA) is 144 Å². The van der Waals surface area contributed by atoms with Gasteiger partial charge in [0.2, 0.25) is 10.0 Å². The predicted octanol–water partition coefficient (Wildman–Crippen LogP) is 1.72. The van der Waals surface area contributed by atoms with Gasteiger partial charge in [-0.2, -0.15) is 9.78 Å². The Morgan fingerprint density at radius 1 is 1.27 bits per heavy atom. The molecular formula is C21H24N8O3S. The fourth-order valence-corrected chi connectivity index (χ4v) is 4.65. The Morgan fingerprint density at radius 2 is 2.12 bits per heavy atom. The van der Waals surface area contributed by atoms with Gasteiger partial charge in [-0.3, -0.25) is 5.10 Å². The number of aromatic nitrogens is 5. The van der Waals surface area contributed by atoms with Gasteiger partial charge in [-0.25, -0.2) is 18.5 Å². The van der Waals surface area contributed by atoms with Gasteiger partial charge >= 0.3 is 0 Å². The summed E-state index contributed by atoms with van der Waals surface area (Å²) in [5.41, 5.74) is 2.09. The van der Waals surface area contributed by atoms with Crippen LogP contribution in [0.3, 0.4) is 0 Å². The van der Waals surface area contributed by atoms with E-state index in [-0.39, 0.29) is 10.9 Å². The Bertz CT molecular complexity index is 1420. The van der Waals surface area contributed by atoms with Gasteiger partial charge in [-0.1, -0.05) is 12.1 Å². The first-order valence-electron chi connectivity index (χ1n) is 10.5. The number of pyridine rings is 1. The van der Waals surface area contributed by atoms with E-state index in [9.17, 15) is 8.42 Å². The van der Waals surface area contributed by atoms with E-state index in [1.165, 1.54) is 6.07 Å². The third kappa shape index (κ3) is 3.81. The average Bonchev–Trinajstić information content (AvgIpc) is 3.46. The fraction of sp³-hybridized carbons (Fsp3) is 0.286. The molecule has 1 aliphatic heterocycles. The Morgan fingerprint density at radius 3 is 2.82 bits per heavy atom. The van der Waals surface area contributed by atoms with Gasteiger partial charge in [0.25, 0.3) is 0 Å². The van der Waals surface area contributed by atoms with Crippen molar-refractivity contribution in [2.75, 3.05) is 37.0 Å². The largest absolute Gasteiger partial charge is 0.377 e. The van der Waals surface area contributed by atoms with Crippen LogP contribution in [0.2, 0.25) is 0 Å². The second-order valence-electron chi connectivity index (χ2n) is 7.87. The second kappa shape index (κ2) is 8.14. The minimum absolute atomic E-state index is 0.0400. The number of morpholine rings is 1. The molecule has 0 radical (unpaired) electrons. The SMILES string of the molecule is CNc1nn(-c2ccn[nH]2)c2nc(N3CCOCC3C)cc(-c3cccc(S(N)(=O)=O)c3)c12. The summed E-state index contributed by atoms with van der Waals surface area (Å²) in [7, 11) is -2.08. The molecule has 5 rings (SSSR count). The quantitative estimate of drug-likeness (QED) is 0.402. The van der Waals surface area contributed by atoms with Crippen LogP contribution in [0, 0.1) is 0 Å². The van der Waals surface area contributed by atoms with Crippen LogP contribution in [0.15, 0.2) is 47.5 Å². The van der Waals surface area contributed by atoms with Crippen molar-refractivity contribution in [1.82, 2.24) is 25.0 Å². The summed E-state index contributed by atoms with van der Waals surface area (Å²) in [6, 6.07) is 10.5. The Balaban J connectivity index is 1.82.